The Morgan fingerprint density at radius 3 is 2.35 bits per heavy atom. The number of carbonyl (C=O) groups excluding carboxylic acids is 1. The summed E-state index contributed by atoms with van der Waals surface area (Å²) < 4.78 is 39.1. The molecule has 0 atom stereocenters. The molecule has 0 aromatic heterocycles. The molecule has 20 heavy (non-hydrogen) atoms. The van der Waals surface area contributed by atoms with Gasteiger partial charge in [-0.25, -0.2) is 13.2 Å². The van der Waals surface area contributed by atoms with Gasteiger partial charge in [0, 0.05) is 17.7 Å². The van der Waals surface area contributed by atoms with Crippen LogP contribution in [0, 0.1) is 17.5 Å². The zero-order chi connectivity index (χ0) is 14.9. The van der Waals surface area contributed by atoms with Crippen molar-refractivity contribution in [2.45, 2.75) is 0 Å². The summed E-state index contributed by atoms with van der Waals surface area (Å²) in [6.07, 6.45) is 0. The van der Waals surface area contributed by atoms with E-state index >= 15 is 0 Å². The average Bonchev–Trinajstić information content (AvgIpc) is 2.39. The Labute approximate surface area is 116 Å². The minimum absolute atomic E-state index is 0.0249. The Hall–Kier alpha value is -2.21. The maximum absolute atomic E-state index is 13.4. The fraction of sp³-hybridized carbons (Fsp3) is 0. The molecule has 0 fully saturated rings. The first-order valence-electron chi connectivity index (χ1n) is 5.33. The summed E-state index contributed by atoms with van der Waals surface area (Å²) >= 11 is 5.62. The molecule has 2 aromatic carbocycles. The van der Waals surface area contributed by atoms with E-state index in [1.165, 1.54) is 12.1 Å². The lowest BCUT2D eigenvalue weighted by molar-refractivity contribution is 0.102. The standard InChI is InChI=1S/C13H7ClF3NO2/c14-7-3-6(1-2-12(7)19)13(20)18-11-5-9(16)8(15)4-10(11)17/h1-5,19H,(H,18,20). The fourth-order valence-corrected chi connectivity index (χ4v) is 1.64. The van der Waals surface area contributed by atoms with Gasteiger partial charge in [-0.3, -0.25) is 4.79 Å². The van der Waals surface area contributed by atoms with Crippen molar-refractivity contribution in [1.29, 1.82) is 0 Å². The Morgan fingerprint density at radius 1 is 1.05 bits per heavy atom. The second-order valence-corrected chi connectivity index (χ2v) is 4.27. The van der Waals surface area contributed by atoms with Crippen molar-refractivity contribution in [3.05, 3.63) is 58.4 Å². The van der Waals surface area contributed by atoms with Crippen molar-refractivity contribution in [3.63, 3.8) is 0 Å². The summed E-state index contributed by atoms with van der Waals surface area (Å²) in [4.78, 5) is 11.8. The third kappa shape index (κ3) is 2.85. The van der Waals surface area contributed by atoms with Crippen molar-refractivity contribution < 1.29 is 23.1 Å². The van der Waals surface area contributed by atoms with Crippen LogP contribution in [0.4, 0.5) is 18.9 Å². The van der Waals surface area contributed by atoms with E-state index in [0.29, 0.717) is 12.1 Å². The van der Waals surface area contributed by atoms with Crippen LogP contribution in [0.3, 0.4) is 0 Å². The summed E-state index contributed by atoms with van der Waals surface area (Å²) in [5.41, 5.74) is -0.477. The number of amides is 1. The molecule has 104 valence electrons. The van der Waals surface area contributed by atoms with Crippen molar-refractivity contribution in [3.8, 4) is 5.75 Å². The number of carbonyl (C=O) groups is 1. The van der Waals surface area contributed by atoms with Crippen LogP contribution in [0.25, 0.3) is 0 Å². The van der Waals surface area contributed by atoms with Crippen molar-refractivity contribution >= 4 is 23.2 Å². The molecule has 0 radical (unpaired) electrons. The first-order valence-corrected chi connectivity index (χ1v) is 5.70. The van der Waals surface area contributed by atoms with E-state index in [2.05, 4.69) is 5.32 Å². The molecule has 7 heteroatoms. The summed E-state index contributed by atoms with van der Waals surface area (Å²) in [7, 11) is 0. The van der Waals surface area contributed by atoms with Gasteiger partial charge in [0.1, 0.15) is 11.6 Å². The number of hydrogen-bond donors (Lipinski definition) is 2. The van der Waals surface area contributed by atoms with Crippen LogP contribution in [0.1, 0.15) is 10.4 Å². The molecular weight excluding hydrogens is 295 g/mol. The quantitative estimate of drug-likeness (QED) is 0.831. The van der Waals surface area contributed by atoms with Gasteiger partial charge in [-0.05, 0) is 18.2 Å². The lowest BCUT2D eigenvalue weighted by atomic mass is 10.2. The summed E-state index contributed by atoms with van der Waals surface area (Å²) in [5, 5.41) is 11.2. The first-order chi connectivity index (χ1) is 9.38. The van der Waals surface area contributed by atoms with E-state index < -0.39 is 29.0 Å². The molecule has 0 saturated heterocycles. The molecule has 2 N–H and O–H groups in total. The van der Waals surface area contributed by atoms with Gasteiger partial charge in [0.15, 0.2) is 11.6 Å². The van der Waals surface area contributed by atoms with E-state index in [0.717, 1.165) is 6.07 Å². The highest BCUT2D eigenvalue weighted by molar-refractivity contribution is 6.32. The Balaban J connectivity index is 2.27. The number of phenols is 1. The van der Waals surface area contributed by atoms with Gasteiger partial charge in [0.05, 0.1) is 10.7 Å². The fourth-order valence-electron chi connectivity index (χ4n) is 1.46. The highest BCUT2D eigenvalue weighted by Crippen LogP contribution is 2.25. The van der Waals surface area contributed by atoms with Crippen LogP contribution in [-0.2, 0) is 0 Å². The second kappa shape index (κ2) is 5.42. The molecule has 0 aliphatic carbocycles. The van der Waals surface area contributed by atoms with Crippen molar-refractivity contribution in [1.82, 2.24) is 0 Å². The number of hydrogen-bond acceptors (Lipinski definition) is 2. The molecule has 0 spiro atoms. The number of aromatic hydroxyl groups is 1. The van der Waals surface area contributed by atoms with E-state index in [9.17, 15) is 23.1 Å². The van der Waals surface area contributed by atoms with Crippen LogP contribution in [0.5, 0.6) is 5.75 Å². The minimum atomic E-state index is -1.35. The highest BCUT2D eigenvalue weighted by atomic mass is 35.5. The monoisotopic (exact) mass is 301 g/mol. The van der Waals surface area contributed by atoms with E-state index in [4.69, 9.17) is 11.6 Å². The van der Waals surface area contributed by atoms with Crippen LogP contribution >= 0.6 is 11.6 Å². The van der Waals surface area contributed by atoms with Crippen molar-refractivity contribution in [2.75, 3.05) is 5.32 Å². The first kappa shape index (κ1) is 14.2. The Bertz CT molecular complexity index is 692. The summed E-state index contributed by atoms with van der Waals surface area (Å²) in [6, 6.07) is 4.44. The van der Waals surface area contributed by atoms with Crippen LogP contribution < -0.4 is 5.32 Å². The van der Waals surface area contributed by atoms with Crippen molar-refractivity contribution in [2.24, 2.45) is 0 Å². The second-order valence-electron chi connectivity index (χ2n) is 3.87. The van der Waals surface area contributed by atoms with Gasteiger partial charge in [-0.1, -0.05) is 11.6 Å². The smallest absolute Gasteiger partial charge is 0.255 e. The molecule has 0 heterocycles. The SMILES string of the molecule is O=C(Nc1cc(F)c(F)cc1F)c1ccc(O)c(Cl)c1. The molecule has 0 bridgehead atoms. The molecule has 0 aliphatic heterocycles. The van der Waals surface area contributed by atoms with Gasteiger partial charge in [0.25, 0.3) is 5.91 Å². The topological polar surface area (TPSA) is 49.3 Å². The van der Waals surface area contributed by atoms with Gasteiger partial charge in [0.2, 0.25) is 0 Å². The lowest BCUT2D eigenvalue weighted by Gasteiger charge is -2.07. The largest absolute Gasteiger partial charge is 0.506 e. The molecule has 2 aromatic rings. The number of anilines is 1. The summed E-state index contributed by atoms with van der Waals surface area (Å²) in [6.45, 7) is 0. The van der Waals surface area contributed by atoms with Crippen LogP contribution in [0.15, 0.2) is 30.3 Å². The third-order valence-corrected chi connectivity index (χ3v) is 2.77. The normalized spacial score (nSPS) is 10.4. The number of halogens is 4. The molecule has 3 nitrogen and oxygen atoms in total. The molecule has 2 rings (SSSR count). The molecular formula is C13H7ClF3NO2. The number of nitrogens with one attached hydrogen (secondary N) is 1. The average molecular weight is 302 g/mol. The van der Waals surface area contributed by atoms with Gasteiger partial charge in [-0.2, -0.15) is 0 Å². The van der Waals surface area contributed by atoms with E-state index in [-0.39, 0.29) is 16.3 Å². The number of phenolic OH excluding ortho intramolecular Hbond substituents is 1. The zero-order valence-corrected chi connectivity index (χ0v) is 10.5. The lowest BCUT2D eigenvalue weighted by Crippen LogP contribution is -2.13. The highest BCUT2D eigenvalue weighted by Gasteiger charge is 2.14. The molecule has 0 unspecified atom stereocenters. The zero-order valence-electron chi connectivity index (χ0n) is 9.75. The summed E-state index contributed by atoms with van der Waals surface area (Å²) in [5.74, 6) is -4.75. The van der Waals surface area contributed by atoms with Gasteiger partial charge >= 0.3 is 0 Å². The van der Waals surface area contributed by atoms with Gasteiger partial charge in [-0.15, -0.1) is 0 Å². The van der Waals surface area contributed by atoms with Crippen LogP contribution in [-0.4, -0.2) is 11.0 Å². The molecule has 0 aliphatic rings. The maximum atomic E-state index is 13.4. The van der Waals surface area contributed by atoms with Crippen LogP contribution in [0.2, 0.25) is 5.02 Å². The predicted octanol–water partition coefficient (Wildman–Crippen LogP) is 3.72. The minimum Gasteiger partial charge on any atom is -0.506 e. The predicted molar refractivity (Wildman–Crippen MR) is 67.4 cm³/mol. The Morgan fingerprint density at radius 2 is 1.70 bits per heavy atom. The van der Waals surface area contributed by atoms with E-state index in [1.807, 2.05) is 0 Å². The molecule has 1 amide bonds. The number of rotatable bonds is 2. The van der Waals surface area contributed by atoms with E-state index in [1.54, 1.807) is 0 Å². The molecule has 0 saturated carbocycles. The Kier molecular flexibility index (Phi) is 3.85. The number of benzene rings is 2. The maximum Gasteiger partial charge on any atom is 0.255 e. The third-order valence-electron chi connectivity index (χ3n) is 2.47. The van der Waals surface area contributed by atoms with Gasteiger partial charge < -0.3 is 10.4 Å².